The molecule has 1 N–H and O–H groups in total. The topological polar surface area (TPSA) is 58.4 Å². The van der Waals surface area contributed by atoms with E-state index in [4.69, 9.17) is 5.11 Å². The van der Waals surface area contributed by atoms with Crippen molar-refractivity contribution < 1.29 is 9.90 Å². The van der Waals surface area contributed by atoms with Gasteiger partial charge in [-0.15, -0.1) is 0 Å². The molecule has 2 rings (SSSR count). The van der Waals surface area contributed by atoms with Gasteiger partial charge in [0.2, 0.25) is 0 Å². The summed E-state index contributed by atoms with van der Waals surface area (Å²) >= 11 is 1.84. The van der Waals surface area contributed by atoms with Crippen LogP contribution in [0.15, 0.2) is 12.3 Å². The molecular formula is C13H21N3O2S. The summed E-state index contributed by atoms with van der Waals surface area (Å²) in [5.74, 6) is 1.25. The molecule has 106 valence electrons. The highest BCUT2D eigenvalue weighted by Gasteiger charge is 2.25. The molecule has 1 saturated heterocycles. The number of carboxylic acid groups (broad SMARTS) is 1. The van der Waals surface area contributed by atoms with Crippen LogP contribution in [0.4, 0.5) is 0 Å². The van der Waals surface area contributed by atoms with E-state index in [9.17, 15) is 4.79 Å². The lowest BCUT2D eigenvalue weighted by molar-refractivity contribution is -0.138. The van der Waals surface area contributed by atoms with Gasteiger partial charge >= 0.3 is 5.97 Å². The average molecular weight is 283 g/mol. The van der Waals surface area contributed by atoms with Gasteiger partial charge < -0.3 is 5.11 Å². The fraction of sp³-hybridized carbons (Fsp3) is 0.692. The van der Waals surface area contributed by atoms with Crippen LogP contribution in [0.5, 0.6) is 0 Å². The summed E-state index contributed by atoms with van der Waals surface area (Å²) < 4.78 is 1.94. The van der Waals surface area contributed by atoms with E-state index >= 15 is 0 Å². The number of nitrogens with zero attached hydrogens (tertiary/aromatic N) is 3. The zero-order valence-electron chi connectivity index (χ0n) is 11.5. The zero-order chi connectivity index (χ0) is 13.8. The highest BCUT2D eigenvalue weighted by Crippen LogP contribution is 2.21. The van der Waals surface area contributed by atoms with Gasteiger partial charge in [0.05, 0.1) is 12.1 Å². The number of aromatic nitrogens is 2. The Morgan fingerprint density at radius 1 is 1.63 bits per heavy atom. The van der Waals surface area contributed by atoms with E-state index in [1.165, 1.54) is 0 Å². The Kier molecular flexibility index (Phi) is 4.87. The van der Waals surface area contributed by atoms with E-state index in [0.717, 1.165) is 30.3 Å². The highest BCUT2D eigenvalue weighted by atomic mass is 32.2. The summed E-state index contributed by atoms with van der Waals surface area (Å²) in [4.78, 5) is 13.2. The first-order valence-electron chi connectivity index (χ1n) is 6.64. The summed E-state index contributed by atoms with van der Waals surface area (Å²) in [6, 6.07) is 2.51. The Labute approximate surface area is 118 Å². The number of hydrogen-bond acceptors (Lipinski definition) is 4. The van der Waals surface area contributed by atoms with Crippen LogP contribution in [0.25, 0.3) is 0 Å². The number of thioether (sulfide) groups is 1. The van der Waals surface area contributed by atoms with E-state index in [-0.39, 0.29) is 12.5 Å². The third kappa shape index (κ3) is 3.98. The quantitative estimate of drug-likeness (QED) is 0.894. The van der Waals surface area contributed by atoms with Crippen LogP contribution in [0, 0.1) is 0 Å². The molecule has 0 spiro atoms. The molecular weight excluding hydrogens is 262 g/mol. The van der Waals surface area contributed by atoms with Crippen LogP contribution in [0.3, 0.4) is 0 Å². The average Bonchev–Trinajstić information content (AvgIpc) is 2.80. The smallest absolute Gasteiger partial charge is 0.304 e. The standard InChI is InChI=1S/C13H21N3O2S/c1-10(2)16-4-3-11(14-16)8-15-5-6-19-9-12(15)7-13(17)18/h3-4,10,12H,5-9H2,1-2H3,(H,17,18). The molecule has 1 unspecified atom stereocenters. The molecule has 2 heterocycles. The summed E-state index contributed by atoms with van der Waals surface area (Å²) in [7, 11) is 0. The fourth-order valence-electron chi connectivity index (χ4n) is 2.24. The van der Waals surface area contributed by atoms with Crippen LogP contribution in [0.1, 0.15) is 32.0 Å². The second kappa shape index (κ2) is 6.43. The van der Waals surface area contributed by atoms with Crippen molar-refractivity contribution in [3.8, 4) is 0 Å². The van der Waals surface area contributed by atoms with Crippen LogP contribution in [-0.4, -0.2) is 49.8 Å². The van der Waals surface area contributed by atoms with Crippen LogP contribution in [0.2, 0.25) is 0 Å². The molecule has 1 atom stereocenters. The molecule has 1 fully saturated rings. The lowest BCUT2D eigenvalue weighted by Crippen LogP contribution is -2.43. The fourth-order valence-corrected chi connectivity index (χ4v) is 3.38. The van der Waals surface area contributed by atoms with Gasteiger partial charge in [-0.05, 0) is 19.9 Å². The van der Waals surface area contributed by atoms with Gasteiger partial charge in [0, 0.05) is 42.9 Å². The molecule has 1 aromatic rings. The van der Waals surface area contributed by atoms with E-state index < -0.39 is 5.97 Å². The van der Waals surface area contributed by atoms with Gasteiger partial charge in [-0.1, -0.05) is 0 Å². The van der Waals surface area contributed by atoms with Gasteiger partial charge in [-0.2, -0.15) is 16.9 Å². The number of rotatable bonds is 5. The Morgan fingerprint density at radius 2 is 2.42 bits per heavy atom. The Bertz CT molecular complexity index is 433. The van der Waals surface area contributed by atoms with E-state index in [0.29, 0.717) is 6.04 Å². The largest absolute Gasteiger partial charge is 0.481 e. The second-order valence-electron chi connectivity index (χ2n) is 5.18. The van der Waals surface area contributed by atoms with Gasteiger partial charge in [0.1, 0.15) is 0 Å². The maximum atomic E-state index is 10.9. The van der Waals surface area contributed by atoms with E-state index in [1.807, 2.05) is 28.7 Å². The molecule has 0 aromatic carbocycles. The molecule has 0 radical (unpaired) electrons. The van der Waals surface area contributed by atoms with Crippen molar-refractivity contribution in [3.05, 3.63) is 18.0 Å². The van der Waals surface area contributed by atoms with Gasteiger partial charge in [0.15, 0.2) is 0 Å². The second-order valence-corrected chi connectivity index (χ2v) is 6.33. The molecule has 5 nitrogen and oxygen atoms in total. The maximum Gasteiger partial charge on any atom is 0.304 e. The first kappa shape index (κ1) is 14.4. The summed E-state index contributed by atoms with van der Waals surface area (Å²) in [6.45, 7) is 5.89. The van der Waals surface area contributed by atoms with Crippen molar-refractivity contribution in [2.75, 3.05) is 18.1 Å². The molecule has 1 aliphatic heterocycles. The summed E-state index contributed by atoms with van der Waals surface area (Å²) in [5.41, 5.74) is 1.02. The van der Waals surface area contributed by atoms with Crippen molar-refractivity contribution in [1.29, 1.82) is 0 Å². The Morgan fingerprint density at radius 3 is 3.05 bits per heavy atom. The van der Waals surface area contributed by atoms with Crippen molar-refractivity contribution in [2.45, 2.75) is 38.9 Å². The van der Waals surface area contributed by atoms with Crippen molar-refractivity contribution in [3.63, 3.8) is 0 Å². The summed E-state index contributed by atoms with van der Waals surface area (Å²) in [5, 5.41) is 13.5. The van der Waals surface area contributed by atoms with Crippen molar-refractivity contribution in [1.82, 2.24) is 14.7 Å². The Balaban J connectivity index is 1.99. The minimum Gasteiger partial charge on any atom is -0.481 e. The molecule has 1 aliphatic rings. The molecule has 0 amide bonds. The normalized spacial score (nSPS) is 20.9. The molecule has 0 bridgehead atoms. The number of carboxylic acids is 1. The van der Waals surface area contributed by atoms with Crippen LogP contribution >= 0.6 is 11.8 Å². The van der Waals surface area contributed by atoms with Crippen molar-refractivity contribution in [2.24, 2.45) is 0 Å². The first-order valence-corrected chi connectivity index (χ1v) is 7.79. The predicted molar refractivity (Wildman–Crippen MR) is 76.4 cm³/mol. The molecule has 0 saturated carbocycles. The van der Waals surface area contributed by atoms with Crippen molar-refractivity contribution >= 4 is 17.7 Å². The molecule has 6 heteroatoms. The summed E-state index contributed by atoms with van der Waals surface area (Å²) in [6.07, 6.45) is 2.21. The van der Waals surface area contributed by atoms with Crippen LogP contribution in [-0.2, 0) is 11.3 Å². The minimum absolute atomic E-state index is 0.125. The third-order valence-electron chi connectivity index (χ3n) is 3.32. The molecule has 19 heavy (non-hydrogen) atoms. The number of aliphatic carboxylic acids is 1. The number of hydrogen-bond donors (Lipinski definition) is 1. The maximum absolute atomic E-state index is 10.9. The van der Waals surface area contributed by atoms with Gasteiger partial charge in [0.25, 0.3) is 0 Å². The Hall–Kier alpha value is -1.01. The monoisotopic (exact) mass is 283 g/mol. The lowest BCUT2D eigenvalue weighted by Gasteiger charge is -2.33. The van der Waals surface area contributed by atoms with E-state index in [1.54, 1.807) is 0 Å². The van der Waals surface area contributed by atoms with Crippen LogP contribution < -0.4 is 0 Å². The minimum atomic E-state index is -0.717. The zero-order valence-corrected chi connectivity index (χ0v) is 12.3. The first-order chi connectivity index (χ1) is 9.06. The lowest BCUT2D eigenvalue weighted by atomic mass is 10.2. The van der Waals surface area contributed by atoms with E-state index in [2.05, 4.69) is 23.8 Å². The SMILES string of the molecule is CC(C)n1ccc(CN2CCSCC2CC(=O)O)n1. The molecule has 0 aliphatic carbocycles. The van der Waals surface area contributed by atoms with Gasteiger partial charge in [-0.3, -0.25) is 14.4 Å². The number of carbonyl (C=O) groups is 1. The van der Waals surface area contributed by atoms with Gasteiger partial charge in [-0.25, -0.2) is 0 Å². The highest BCUT2D eigenvalue weighted by molar-refractivity contribution is 7.99. The predicted octanol–water partition coefficient (Wildman–Crippen LogP) is 1.86. The third-order valence-corrected chi connectivity index (χ3v) is 4.41. The molecule has 1 aromatic heterocycles.